The number of carbonyl (C=O) groups excluding carboxylic acids is 1. The van der Waals surface area contributed by atoms with Gasteiger partial charge in [-0.25, -0.2) is 18.9 Å². The molecule has 1 aliphatic heterocycles. The lowest BCUT2D eigenvalue weighted by molar-refractivity contribution is -0.131. The Morgan fingerprint density at radius 2 is 1.91 bits per heavy atom. The van der Waals surface area contributed by atoms with E-state index in [0.29, 0.717) is 29.9 Å². The Balaban J connectivity index is 1.37. The van der Waals surface area contributed by atoms with Gasteiger partial charge >= 0.3 is 5.69 Å². The highest BCUT2D eigenvalue weighted by atomic mass is 19.1. The molecule has 2 fully saturated rings. The quantitative estimate of drug-likeness (QED) is 0.672. The number of aromatic amines is 1. The van der Waals surface area contributed by atoms with Gasteiger partial charge in [-0.2, -0.15) is 10.4 Å². The van der Waals surface area contributed by atoms with Crippen LogP contribution >= 0.6 is 0 Å². The van der Waals surface area contributed by atoms with Crippen LogP contribution in [0.5, 0.6) is 0 Å². The van der Waals surface area contributed by atoms with Crippen LogP contribution in [0.2, 0.25) is 0 Å². The molecule has 5 rings (SSSR count). The van der Waals surface area contributed by atoms with E-state index in [1.165, 1.54) is 10.6 Å². The average Bonchev–Trinajstić information content (AvgIpc) is 3.46. The number of likely N-dealkylation sites (tertiary alicyclic amines) is 1. The number of nitriles is 1. The van der Waals surface area contributed by atoms with Gasteiger partial charge in [0, 0.05) is 25.4 Å². The van der Waals surface area contributed by atoms with Crippen molar-refractivity contribution in [1.29, 1.82) is 5.26 Å². The Morgan fingerprint density at radius 1 is 1.16 bits per heavy atom. The SMILES string of the molecule is N#Cc1ccc(-c2ccc(-n3c(C[C@@H]4CCN(C(=O)C5CC5)C4)n[nH]c3=O)c(F)c2)cc1. The maximum absolute atomic E-state index is 15.1. The number of amides is 1. The second-order valence-electron chi connectivity index (χ2n) is 8.55. The zero-order valence-corrected chi connectivity index (χ0v) is 17.4. The molecule has 7 nitrogen and oxygen atoms in total. The van der Waals surface area contributed by atoms with Gasteiger partial charge in [0.05, 0.1) is 17.3 Å². The maximum Gasteiger partial charge on any atom is 0.348 e. The lowest BCUT2D eigenvalue weighted by Gasteiger charge is -2.16. The van der Waals surface area contributed by atoms with Crippen molar-refractivity contribution in [2.24, 2.45) is 11.8 Å². The van der Waals surface area contributed by atoms with Gasteiger partial charge in [-0.3, -0.25) is 4.79 Å². The zero-order valence-electron chi connectivity index (χ0n) is 17.4. The van der Waals surface area contributed by atoms with Crippen molar-refractivity contribution < 1.29 is 9.18 Å². The molecule has 0 bridgehead atoms. The van der Waals surface area contributed by atoms with E-state index in [1.807, 2.05) is 4.90 Å². The predicted octanol–water partition coefficient (Wildman–Crippen LogP) is 3.04. The van der Waals surface area contributed by atoms with Crippen LogP contribution in [0.25, 0.3) is 16.8 Å². The number of benzene rings is 2. The van der Waals surface area contributed by atoms with Crippen LogP contribution in [0.3, 0.4) is 0 Å². The van der Waals surface area contributed by atoms with E-state index in [0.717, 1.165) is 31.4 Å². The largest absolute Gasteiger partial charge is 0.348 e. The molecule has 1 atom stereocenters. The van der Waals surface area contributed by atoms with Crippen LogP contribution in [-0.4, -0.2) is 38.7 Å². The van der Waals surface area contributed by atoms with E-state index in [1.54, 1.807) is 36.4 Å². The molecule has 3 aromatic rings. The minimum Gasteiger partial charge on any atom is -0.342 e. The number of hydrogen-bond donors (Lipinski definition) is 1. The monoisotopic (exact) mass is 431 g/mol. The Morgan fingerprint density at radius 3 is 2.59 bits per heavy atom. The second-order valence-corrected chi connectivity index (χ2v) is 8.55. The molecule has 1 saturated carbocycles. The first-order valence-corrected chi connectivity index (χ1v) is 10.8. The summed E-state index contributed by atoms with van der Waals surface area (Å²) in [5.74, 6) is 0.546. The third-order valence-corrected chi connectivity index (χ3v) is 6.27. The second kappa shape index (κ2) is 8.08. The van der Waals surface area contributed by atoms with Crippen molar-refractivity contribution in [2.45, 2.75) is 25.7 Å². The Labute approximate surface area is 184 Å². The third-order valence-electron chi connectivity index (χ3n) is 6.27. The van der Waals surface area contributed by atoms with Crippen molar-refractivity contribution in [3.63, 3.8) is 0 Å². The fraction of sp³-hybridized carbons (Fsp3) is 0.333. The van der Waals surface area contributed by atoms with Crippen LogP contribution in [-0.2, 0) is 11.2 Å². The number of rotatable bonds is 5. The Kier molecular flexibility index (Phi) is 5.10. The standard InChI is InChI=1S/C24H22FN5O2/c25-20-12-19(17-3-1-15(13-26)2-4-17)7-8-21(20)30-22(27-28-24(30)32)11-16-9-10-29(14-16)23(31)18-5-6-18/h1-4,7-8,12,16,18H,5-6,9-11,14H2,(H,28,32)/t16-/m0/s1. The van der Waals surface area contributed by atoms with Crippen LogP contribution in [0, 0.1) is 29.0 Å². The van der Waals surface area contributed by atoms with Crippen molar-refractivity contribution >= 4 is 5.91 Å². The van der Waals surface area contributed by atoms with E-state index in [9.17, 15) is 9.59 Å². The summed E-state index contributed by atoms with van der Waals surface area (Å²) in [6.07, 6.45) is 3.30. The first-order chi connectivity index (χ1) is 15.5. The number of halogens is 1. The van der Waals surface area contributed by atoms with Crippen molar-refractivity contribution in [2.75, 3.05) is 13.1 Å². The van der Waals surface area contributed by atoms with Gasteiger partial charge in [-0.1, -0.05) is 18.2 Å². The van der Waals surface area contributed by atoms with Gasteiger partial charge in [0.2, 0.25) is 5.91 Å². The van der Waals surface area contributed by atoms with Crippen molar-refractivity contribution in [3.05, 3.63) is 70.2 Å². The molecule has 2 aliphatic rings. The summed E-state index contributed by atoms with van der Waals surface area (Å²) in [4.78, 5) is 26.7. The van der Waals surface area contributed by atoms with Crippen LogP contribution in [0.15, 0.2) is 47.3 Å². The molecular formula is C24H22FN5O2. The minimum atomic E-state index is -0.534. The number of aromatic nitrogens is 3. The predicted molar refractivity (Wildman–Crippen MR) is 115 cm³/mol. The third kappa shape index (κ3) is 3.82. The zero-order chi connectivity index (χ0) is 22.2. The molecule has 0 radical (unpaired) electrons. The van der Waals surface area contributed by atoms with Gasteiger partial charge in [0.15, 0.2) is 0 Å². The van der Waals surface area contributed by atoms with Crippen LogP contribution < -0.4 is 5.69 Å². The van der Waals surface area contributed by atoms with Crippen molar-refractivity contribution in [3.8, 4) is 22.9 Å². The molecule has 8 heteroatoms. The van der Waals surface area contributed by atoms with E-state index in [-0.39, 0.29) is 23.4 Å². The van der Waals surface area contributed by atoms with E-state index in [2.05, 4.69) is 16.3 Å². The summed E-state index contributed by atoms with van der Waals surface area (Å²) >= 11 is 0. The topological polar surface area (TPSA) is 94.8 Å². The van der Waals surface area contributed by atoms with Gasteiger partial charge in [-0.05, 0) is 60.6 Å². The van der Waals surface area contributed by atoms with Gasteiger partial charge in [0.25, 0.3) is 0 Å². The molecular weight excluding hydrogens is 409 g/mol. The number of H-pyrrole nitrogens is 1. The number of hydrogen-bond acceptors (Lipinski definition) is 4. The lowest BCUT2D eigenvalue weighted by Crippen LogP contribution is -2.30. The molecule has 1 saturated heterocycles. The van der Waals surface area contributed by atoms with E-state index < -0.39 is 11.5 Å². The fourth-order valence-electron chi connectivity index (χ4n) is 4.37. The van der Waals surface area contributed by atoms with Gasteiger partial charge < -0.3 is 4.90 Å². The average molecular weight is 431 g/mol. The lowest BCUT2D eigenvalue weighted by atomic mass is 10.0. The Hall–Kier alpha value is -3.73. The molecule has 162 valence electrons. The minimum absolute atomic E-state index is 0.139. The van der Waals surface area contributed by atoms with Gasteiger partial charge in [0.1, 0.15) is 11.6 Å². The number of nitrogens with one attached hydrogen (secondary N) is 1. The fourth-order valence-corrected chi connectivity index (χ4v) is 4.37. The number of carbonyl (C=O) groups is 1. The molecule has 32 heavy (non-hydrogen) atoms. The first-order valence-electron chi connectivity index (χ1n) is 10.8. The normalized spacial score (nSPS) is 18.0. The highest BCUT2D eigenvalue weighted by molar-refractivity contribution is 5.81. The van der Waals surface area contributed by atoms with Crippen molar-refractivity contribution in [1.82, 2.24) is 19.7 Å². The highest BCUT2D eigenvalue weighted by Gasteiger charge is 2.37. The first kappa shape index (κ1) is 20.2. The van der Waals surface area contributed by atoms with Crippen LogP contribution in [0.4, 0.5) is 4.39 Å². The summed E-state index contributed by atoms with van der Waals surface area (Å²) in [6, 6.07) is 13.6. The smallest absolute Gasteiger partial charge is 0.342 e. The van der Waals surface area contributed by atoms with Gasteiger partial charge in [-0.15, -0.1) is 0 Å². The Bertz CT molecular complexity index is 1270. The number of nitrogens with zero attached hydrogens (tertiary/aromatic N) is 4. The molecule has 2 aromatic carbocycles. The molecule has 1 amide bonds. The molecule has 1 N–H and O–H groups in total. The van der Waals surface area contributed by atoms with Crippen LogP contribution in [0.1, 0.15) is 30.7 Å². The van der Waals surface area contributed by atoms with E-state index >= 15 is 4.39 Å². The molecule has 0 unspecified atom stereocenters. The molecule has 1 aromatic heterocycles. The summed E-state index contributed by atoms with van der Waals surface area (Å²) in [6.45, 7) is 1.37. The summed E-state index contributed by atoms with van der Waals surface area (Å²) in [7, 11) is 0. The summed E-state index contributed by atoms with van der Waals surface area (Å²) in [5.41, 5.74) is 1.61. The maximum atomic E-state index is 15.1. The molecule has 1 aliphatic carbocycles. The summed E-state index contributed by atoms with van der Waals surface area (Å²) < 4.78 is 16.4. The molecule has 0 spiro atoms. The molecule has 2 heterocycles. The summed E-state index contributed by atoms with van der Waals surface area (Å²) in [5, 5.41) is 15.5. The van der Waals surface area contributed by atoms with E-state index in [4.69, 9.17) is 5.26 Å². The highest BCUT2D eigenvalue weighted by Crippen LogP contribution is 2.33.